The van der Waals surface area contributed by atoms with E-state index >= 15 is 0 Å². The van der Waals surface area contributed by atoms with E-state index in [1.54, 1.807) is 0 Å². The van der Waals surface area contributed by atoms with Crippen molar-refractivity contribution in [1.82, 2.24) is 0 Å². The highest BCUT2D eigenvalue weighted by Gasteiger charge is 2.69. The van der Waals surface area contributed by atoms with Gasteiger partial charge in [0.05, 0.1) is 10.4 Å². The SMILES string of the molecule is Cc1ccc(CC2=CC3(C)CC3(C3=NC(C4=CC=C(c5ccc(C)cc5C)C4)=CC3)S2)cc1. The molecule has 0 saturated heterocycles. The van der Waals surface area contributed by atoms with Crippen LogP contribution in [-0.4, -0.2) is 10.5 Å². The smallest absolute Gasteiger partial charge is 0.0685 e. The normalized spacial score (nSPS) is 27.6. The molecule has 0 radical (unpaired) electrons. The van der Waals surface area contributed by atoms with Gasteiger partial charge in [-0.05, 0) is 59.9 Å². The van der Waals surface area contributed by atoms with Gasteiger partial charge in [0.15, 0.2) is 0 Å². The van der Waals surface area contributed by atoms with Crippen LogP contribution in [0.4, 0.5) is 0 Å². The molecule has 2 heterocycles. The number of hydrogen-bond acceptors (Lipinski definition) is 2. The van der Waals surface area contributed by atoms with E-state index in [2.05, 4.69) is 106 Å². The first-order valence-corrected chi connectivity index (χ1v) is 12.9. The van der Waals surface area contributed by atoms with Gasteiger partial charge in [-0.25, -0.2) is 0 Å². The monoisotopic (exact) mass is 449 g/mol. The number of hydrogen-bond donors (Lipinski definition) is 0. The quantitative estimate of drug-likeness (QED) is 0.449. The predicted octanol–water partition coefficient (Wildman–Crippen LogP) is 8.08. The molecule has 1 saturated carbocycles. The Balaban J connectivity index is 1.15. The van der Waals surface area contributed by atoms with Crippen molar-refractivity contribution in [2.24, 2.45) is 10.4 Å². The maximum atomic E-state index is 5.25. The van der Waals surface area contributed by atoms with Crippen LogP contribution in [0.15, 0.2) is 87.9 Å². The molecule has 1 nitrogen and oxygen atoms in total. The van der Waals surface area contributed by atoms with Gasteiger partial charge in [-0.15, -0.1) is 11.8 Å². The van der Waals surface area contributed by atoms with Gasteiger partial charge in [0.2, 0.25) is 0 Å². The van der Waals surface area contributed by atoms with Crippen LogP contribution in [-0.2, 0) is 6.42 Å². The molecule has 2 heteroatoms. The van der Waals surface area contributed by atoms with Crippen molar-refractivity contribution in [3.8, 4) is 0 Å². The van der Waals surface area contributed by atoms with Gasteiger partial charge in [-0.1, -0.05) is 84.8 Å². The number of rotatable bonds is 5. The summed E-state index contributed by atoms with van der Waals surface area (Å²) in [6.45, 7) is 8.97. The molecule has 166 valence electrons. The lowest BCUT2D eigenvalue weighted by molar-refractivity contribution is 0.731. The maximum absolute atomic E-state index is 5.25. The van der Waals surface area contributed by atoms with Gasteiger partial charge in [0.25, 0.3) is 0 Å². The minimum atomic E-state index is 0.189. The highest BCUT2D eigenvalue weighted by atomic mass is 32.2. The van der Waals surface area contributed by atoms with Crippen molar-refractivity contribution in [3.63, 3.8) is 0 Å². The van der Waals surface area contributed by atoms with Crippen molar-refractivity contribution < 1.29 is 0 Å². The molecule has 1 fully saturated rings. The van der Waals surface area contributed by atoms with Crippen LogP contribution < -0.4 is 0 Å². The first-order valence-electron chi connectivity index (χ1n) is 12.1. The summed E-state index contributed by atoms with van der Waals surface area (Å²) in [7, 11) is 0. The molecule has 6 rings (SSSR count). The Hall–Kier alpha value is -2.58. The summed E-state index contributed by atoms with van der Waals surface area (Å²) in [5.74, 6) is 0. The first kappa shape index (κ1) is 21.0. The molecule has 4 aliphatic rings. The van der Waals surface area contributed by atoms with Gasteiger partial charge in [-0.3, -0.25) is 4.99 Å². The van der Waals surface area contributed by atoms with Gasteiger partial charge in [0, 0.05) is 30.4 Å². The lowest BCUT2D eigenvalue weighted by Crippen LogP contribution is -2.21. The van der Waals surface area contributed by atoms with Gasteiger partial charge in [-0.2, -0.15) is 0 Å². The Morgan fingerprint density at radius 3 is 2.48 bits per heavy atom. The Morgan fingerprint density at radius 1 is 0.939 bits per heavy atom. The number of thioether (sulfide) groups is 1. The molecule has 0 spiro atoms. The molecule has 2 aromatic rings. The molecule has 0 N–H and O–H groups in total. The third-order valence-corrected chi connectivity index (χ3v) is 9.55. The molecule has 2 aliphatic carbocycles. The standard InChI is InChI=1S/C31H31NS/c1-20-5-8-23(9-6-20)16-26-18-30(4)19-31(30,33-26)29-14-13-28(32-29)25-11-10-24(17-25)27-12-7-21(2)15-22(27)3/h5-13,15,18H,14,16-17,19H2,1-4H3. The highest BCUT2D eigenvalue weighted by molar-refractivity contribution is 8.05. The van der Waals surface area contributed by atoms with Crippen molar-refractivity contribution in [2.45, 2.75) is 58.1 Å². The first-order chi connectivity index (χ1) is 15.8. The second-order valence-electron chi connectivity index (χ2n) is 10.5. The number of benzene rings is 2. The van der Waals surface area contributed by atoms with Crippen LogP contribution in [0, 0.1) is 26.2 Å². The lowest BCUT2D eigenvalue weighted by Gasteiger charge is -2.16. The van der Waals surface area contributed by atoms with Crippen molar-refractivity contribution in [1.29, 1.82) is 0 Å². The summed E-state index contributed by atoms with van der Waals surface area (Å²) >= 11 is 2.09. The molecular formula is C31H31NS. The molecule has 0 aromatic heterocycles. The second kappa shape index (κ2) is 7.46. The fourth-order valence-corrected chi connectivity index (χ4v) is 7.75. The van der Waals surface area contributed by atoms with Crippen LogP contribution in [0.2, 0.25) is 0 Å². The van der Waals surface area contributed by atoms with E-state index in [9.17, 15) is 0 Å². The maximum Gasteiger partial charge on any atom is 0.0685 e. The summed E-state index contributed by atoms with van der Waals surface area (Å²) in [4.78, 5) is 6.77. The van der Waals surface area contributed by atoms with E-state index in [4.69, 9.17) is 4.99 Å². The fraction of sp³-hybridized carbons (Fsp3) is 0.323. The Kier molecular flexibility index (Phi) is 4.75. The summed E-state index contributed by atoms with van der Waals surface area (Å²) in [5.41, 5.74) is 12.5. The summed E-state index contributed by atoms with van der Waals surface area (Å²) in [6.07, 6.45) is 13.8. The van der Waals surface area contributed by atoms with E-state index in [1.165, 1.54) is 61.7 Å². The van der Waals surface area contributed by atoms with Crippen LogP contribution in [0.3, 0.4) is 0 Å². The average Bonchev–Trinajstić information content (AvgIpc) is 3.26. The van der Waals surface area contributed by atoms with E-state index < -0.39 is 0 Å². The molecule has 0 amide bonds. The average molecular weight is 450 g/mol. The Bertz CT molecular complexity index is 1320. The number of fused-ring (bicyclic) bond motifs is 1. The Labute approximate surface area is 202 Å². The minimum absolute atomic E-state index is 0.189. The zero-order valence-corrected chi connectivity index (χ0v) is 20.9. The summed E-state index contributed by atoms with van der Waals surface area (Å²) < 4.78 is 0.189. The number of aryl methyl sites for hydroxylation is 3. The lowest BCUT2D eigenvalue weighted by atomic mass is 9.96. The van der Waals surface area contributed by atoms with Gasteiger partial charge in [0.1, 0.15) is 0 Å². The van der Waals surface area contributed by atoms with E-state index in [0.717, 1.165) is 19.3 Å². The number of allylic oxidation sites excluding steroid dienone is 7. The van der Waals surface area contributed by atoms with E-state index in [1.807, 2.05) is 0 Å². The highest BCUT2D eigenvalue weighted by Crippen LogP contribution is 2.73. The van der Waals surface area contributed by atoms with Crippen molar-refractivity contribution in [2.75, 3.05) is 0 Å². The molecule has 33 heavy (non-hydrogen) atoms. The minimum Gasteiger partial charge on any atom is -0.256 e. The molecule has 2 aliphatic heterocycles. The number of nitrogens with zero attached hydrogens (tertiary/aromatic N) is 1. The second-order valence-corrected chi connectivity index (χ2v) is 12.0. The molecule has 2 atom stereocenters. The third kappa shape index (κ3) is 3.51. The zero-order chi connectivity index (χ0) is 22.8. The van der Waals surface area contributed by atoms with Crippen LogP contribution in [0.25, 0.3) is 5.57 Å². The summed E-state index contributed by atoms with van der Waals surface area (Å²) in [6, 6.07) is 15.8. The fourth-order valence-electron chi connectivity index (χ4n) is 5.83. The van der Waals surface area contributed by atoms with Crippen LogP contribution in [0.1, 0.15) is 54.0 Å². The van der Waals surface area contributed by atoms with Crippen molar-refractivity contribution >= 4 is 23.0 Å². The molecule has 2 unspecified atom stereocenters. The third-order valence-electron chi connectivity index (χ3n) is 7.83. The van der Waals surface area contributed by atoms with Crippen LogP contribution >= 0.6 is 11.8 Å². The van der Waals surface area contributed by atoms with E-state index in [0.29, 0.717) is 0 Å². The van der Waals surface area contributed by atoms with Crippen LogP contribution in [0.5, 0.6) is 0 Å². The number of aliphatic imine (C=N–C) groups is 1. The largest absolute Gasteiger partial charge is 0.256 e. The van der Waals surface area contributed by atoms with Crippen molar-refractivity contribution in [3.05, 3.63) is 111 Å². The van der Waals surface area contributed by atoms with E-state index in [-0.39, 0.29) is 10.2 Å². The van der Waals surface area contributed by atoms with Gasteiger partial charge >= 0.3 is 0 Å². The predicted molar refractivity (Wildman–Crippen MR) is 143 cm³/mol. The molecular weight excluding hydrogens is 418 g/mol. The molecule has 0 bridgehead atoms. The van der Waals surface area contributed by atoms with Gasteiger partial charge < -0.3 is 0 Å². The Morgan fingerprint density at radius 2 is 1.70 bits per heavy atom. The zero-order valence-electron chi connectivity index (χ0n) is 20.0. The summed E-state index contributed by atoms with van der Waals surface area (Å²) in [5, 5.41) is 0. The topological polar surface area (TPSA) is 12.4 Å². The molecule has 2 aromatic carbocycles.